The van der Waals surface area contributed by atoms with E-state index in [0.29, 0.717) is 23.2 Å². The van der Waals surface area contributed by atoms with E-state index in [1.165, 1.54) is 6.07 Å². The van der Waals surface area contributed by atoms with Crippen LogP contribution in [0, 0.1) is 0 Å². The second-order valence-electron chi connectivity index (χ2n) is 3.89. The second kappa shape index (κ2) is 5.64. The number of nitrogens with zero attached hydrogens (tertiary/aromatic N) is 2. The molecule has 0 atom stereocenters. The SMILES string of the molecule is FC(F)(F)c1ccc(NCCn2cccn2)c(Br)c1. The number of nitrogens with one attached hydrogen (secondary N) is 1. The summed E-state index contributed by atoms with van der Waals surface area (Å²) in [5.41, 5.74) is -0.0443. The number of halogens is 4. The van der Waals surface area contributed by atoms with Gasteiger partial charge in [-0.2, -0.15) is 18.3 Å². The molecule has 19 heavy (non-hydrogen) atoms. The summed E-state index contributed by atoms with van der Waals surface area (Å²) in [5, 5.41) is 7.09. The van der Waals surface area contributed by atoms with E-state index in [0.717, 1.165) is 12.1 Å². The fourth-order valence-electron chi connectivity index (χ4n) is 1.57. The predicted molar refractivity (Wildman–Crippen MR) is 69.9 cm³/mol. The van der Waals surface area contributed by atoms with Gasteiger partial charge in [0.2, 0.25) is 0 Å². The van der Waals surface area contributed by atoms with Gasteiger partial charge in [-0.25, -0.2) is 0 Å². The Labute approximate surface area is 116 Å². The van der Waals surface area contributed by atoms with E-state index in [1.54, 1.807) is 10.9 Å². The Morgan fingerprint density at radius 1 is 1.32 bits per heavy atom. The van der Waals surface area contributed by atoms with Gasteiger partial charge in [0.25, 0.3) is 0 Å². The average Bonchev–Trinajstić information content (AvgIpc) is 2.83. The zero-order valence-electron chi connectivity index (χ0n) is 9.78. The standard InChI is InChI=1S/C12H11BrF3N3/c13-10-8-9(12(14,15)16)2-3-11(10)17-5-7-19-6-1-4-18-19/h1-4,6,8,17H,5,7H2. The summed E-state index contributed by atoms with van der Waals surface area (Å²) in [6.45, 7) is 1.21. The third-order valence-electron chi connectivity index (χ3n) is 2.51. The van der Waals surface area contributed by atoms with Crippen molar-refractivity contribution in [1.82, 2.24) is 9.78 Å². The number of alkyl halides is 3. The van der Waals surface area contributed by atoms with Crippen LogP contribution in [0.1, 0.15) is 5.56 Å². The highest BCUT2D eigenvalue weighted by molar-refractivity contribution is 9.10. The number of anilines is 1. The van der Waals surface area contributed by atoms with Crippen LogP contribution in [0.25, 0.3) is 0 Å². The number of hydrogen-bond donors (Lipinski definition) is 1. The van der Waals surface area contributed by atoms with Gasteiger partial charge in [-0.3, -0.25) is 4.68 Å². The predicted octanol–water partition coefficient (Wildman–Crippen LogP) is 3.78. The van der Waals surface area contributed by atoms with Crippen molar-refractivity contribution in [2.24, 2.45) is 0 Å². The van der Waals surface area contributed by atoms with E-state index in [4.69, 9.17) is 0 Å². The minimum Gasteiger partial charge on any atom is -0.382 e. The first-order valence-corrected chi connectivity index (χ1v) is 6.34. The molecule has 0 aliphatic carbocycles. The van der Waals surface area contributed by atoms with Crippen LogP contribution < -0.4 is 5.32 Å². The highest BCUT2D eigenvalue weighted by Gasteiger charge is 2.30. The lowest BCUT2D eigenvalue weighted by molar-refractivity contribution is -0.137. The first-order valence-electron chi connectivity index (χ1n) is 5.55. The summed E-state index contributed by atoms with van der Waals surface area (Å²) in [4.78, 5) is 0. The molecular formula is C12H11BrF3N3. The third kappa shape index (κ3) is 3.73. The molecular weight excluding hydrogens is 323 g/mol. The molecule has 2 aromatic rings. The summed E-state index contributed by atoms with van der Waals surface area (Å²) >= 11 is 3.13. The summed E-state index contributed by atoms with van der Waals surface area (Å²) in [5.74, 6) is 0. The zero-order valence-corrected chi connectivity index (χ0v) is 11.4. The summed E-state index contributed by atoms with van der Waals surface area (Å²) in [6.07, 6.45) is -0.826. The van der Waals surface area contributed by atoms with E-state index in [9.17, 15) is 13.2 Å². The maximum Gasteiger partial charge on any atom is 0.416 e. The molecule has 0 unspecified atom stereocenters. The van der Waals surface area contributed by atoms with Crippen LogP contribution in [-0.2, 0) is 12.7 Å². The molecule has 0 spiro atoms. The van der Waals surface area contributed by atoms with E-state index in [2.05, 4.69) is 26.3 Å². The summed E-state index contributed by atoms with van der Waals surface area (Å²) in [6, 6.07) is 5.35. The van der Waals surface area contributed by atoms with Gasteiger partial charge in [-0.1, -0.05) is 0 Å². The van der Waals surface area contributed by atoms with Crippen molar-refractivity contribution >= 4 is 21.6 Å². The van der Waals surface area contributed by atoms with Crippen molar-refractivity contribution in [3.8, 4) is 0 Å². The molecule has 102 valence electrons. The van der Waals surface area contributed by atoms with Crippen molar-refractivity contribution in [2.45, 2.75) is 12.7 Å². The van der Waals surface area contributed by atoms with Crippen LogP contribution in [0.5, 0.6) is 0 Å². The van der Waals surface area contributed by atoms with Gasteiger partial charge in [-0.15, -0.1) is 0 Å². The maximum absolute atomic E-state index is 12.5. The lowest BCUT2D eigenvalue weighted by Gasteiger charge is -2.12. The monoisotopic (exact) mass is 333 g/mol. The molecule has 0 aliphatic rings. The lowest BCUT2D eigenvalue weighted by atomic mass is 10.2. The van der Waals surface area contributed by atoms with Crippen LogP contribution >= 0.6 is 15.9 Å². The molecule has 7 heteroatoms. The summed E-state index contributed by atoms with van der Waals surface area (Å²) < 4.78 is 39.6. The molecule has 0 fully saturated rings. The van der Waals surface area contributed by atoms with Gasteiger partial charge in [0.05, 0.1) is 12.1 Å². The Balaban J connectivity index is 1.97. The first-order chi connectivity index (χ1) is 8.97. The normalized spacial score (nSPS) is 11.6. The molecule has 1 aromatic heterocycles. The number of benzene rings is 1. The molecule has 0 saturated heterocycles. The van der Waals surface area contributed by atoms with Gasteiger partial charge in [0.15, 0.2) is 0 Å². The molecule has 1 N–H and O–H groups in total. The van der Waals surface area contributed by atoms with Gasteiger partial charge in [0.1, 0.15) is 0 Å². The molecule has 0 aliphatic heterocycles. The third-order valence-corrected chi connectivity index (χ3v) is 3.17. The van der Waals surface area contributed by atoms with E-state index in [1.807, 2.05) is 12.3 Å². The number of hydrogen-bond acceptors (Lipinski definition) is 2. The smallest absolute Gasteiger partial charge is 0.382 e. The van der Waals surface area contributed by atoms with Crippen molar-refractivity contribution < 1.29 is 13.2 Å². The topological polar surface area (TPSA) is 29.9 Å². The minimum absolute atomic E-state index is 0.391. The fourth-order valence-corrected chi connectivity index (χ4v) is 2.09. The largest absolute Gasteiger partial charge is 0.416 e. The van der Waals surface area contributed by atoms with Gasteiger partial charge >= 0.3 is 6.18 Å². The summed E-state index contributed by atoms with van der Waals surface area (Å²) in [7, 11) is 0. The molecule has 2 rings (SSSR count). The Kier molecular flexibility index (Phi) is 4.14. The molecule has 0 bridgehead atoms. The van der Waals surface area contributed by atoms with Crippen LogP contribution in [0.15, 0.2) is 41.1 Å². The van der Waals surface area contributed by atoms with Crippen LogP contribution in [0.4, 0.5) is 18.9 Å². The minimum atomic E-state index is -4.32. The van der Waals surface area contributed by atoms with E-state index >= 15 is 0 Å². The lowest BCUT2D eigenvalue weighted by Crippen LogP contribution is -2.11. The Morgan fingerprint density at radius 2 is 2.11 bits per heavy atom. The Morgan fingerprint density at radius 3 is 2.68 bits per heavy atom. The highest BCUT2D eigenvalue weighted by atomic mass is 79.9. The quantitative estimate of drug-likeness (QED) is 0.922. The number of rotatable bonds is 4. The Hall–Kier alpha value is -1.50. The first kappa shape index (κ1) is 13.9. The van der Waals surface area contributed by atoms with Crippen molar-refractivity contribution in [1.29, 1.82) is 0 Å². The molecule has 1 heterocycles. The maximum atomic E-state index is 12.5. The number of aromatic nitrogens is 2. The molecule has 0 saturated carbocycles. The zero-order chi connectivity index (χ0) is 13.9. The van der Waals surface area contributed by atoms with Crippen LogP contribution in [-0.4, -0.2) is 16.3 Å². The highest BCUT2D eigenvalue weighted by Crippen LogP contribution is 2.33. The molecule has 3 nitrogen and oxygen atoms in total. The molecule has 0 amide bonds. The Bertz CT molecular complexity index is 538. The van der Waals surface area contributed by atoms with Crippen molar-refractivity contribution in [3.63, 3.8) is 0 Å². The second-order valence-corrected chi connectivity index (χ2v) is 4.74. The molecule has 0 radical (unpaired) electrons. The molecule has 1 aromatic carbocycles. The van der Waals surface area contributed by atoms with E-state index < -0.39 is 11.7 Å². The average molecular weight is 334 g/mol. The van der Waals surface area contributed by atoms with Gasteiger partial charge in [0, 0.05) is 29.1 Å². The fraction of sp³-hybridized carbons (Fsp3) is 0.250. The van der Waals surface area contributed by atoms with E-state index in [-0.39, 0.29) is 0 Å². The van der Waals surface area contributed by atoms with Crippen LogP contribution in [0.3, 0.4) is 0 Å². The van der Waals surface area contributed by atoms with Gasteiger partial charge < -0.3 is 5.32 Å². The van der Waals surface area contributed by atoms with Gasteiger partial charge in [-0.05, 0) is 40.2 Å². The van der Waals surface area contributed by atoms with Crippen molar-refractivity contribution in [3.05, 3.63) is 46.7 Å². The van der Waals surface area contributed by atoms with Crippen LogP contribution in [0.2, 0.25) is 0 Å². The van der Waals surface area contributed by atoms with Crippen molar-refractivity contribution in [2.75, 3.05) is 11.9 Å².